The van der Waals surface area contributed by atoms with Gasteiger partial charge >= 0.3 is 0 Å². The molecule has 3 heterocycles. The molecule has 4 atom stereocenters. The summed E-state index contributed by atoms with van der Waals surface area (Å²) in [6.45, 7) is 2.55. The minimum Gasteiger partial charge on any atom is -0.474 e. The summed E-state index contributed by atoms with van der Waals surface area (Å²) >= 11 is 0. The maximum absolute atomic E-state index is 13.0. The lowest BCUT2D eigenvalue weighted by Crippen LogP contribution is -2.48. The summed E-state index contributed by atoms with van der Waals surface area (Å²) in [5, 5.41) is 0. The smallest absolute Gasteiger partial charge is 0.259 e. The van der Waals surface area contributed by atoms with E-state index in [0.29, 0.717) is 12.1 Å². The lowest BCUT2D eigenvalue weighted by Gasteiger charge is -2.37. The first-order chi connectivity index (χ1) is 13.4. The molecule has 0 aliphatic carbocycles. The maximum Gasteiger partial charge on any atom is 0.259 e. The van der Waals surface area contributed by atoms with Gasteiger partial charge in [-0.05, 0) is 38.3 Å². The van der Waals surface area contributed by atoms with Crippen LogP contribution in [0.2, 0.25) is 0 Å². The zero-order valence-corrected chi connectivity index (χ0v) is 17.0. The molecular formula is C20H29N3O5. The Kier molecular flexibility index (Phi) is 6.51. The van der Waals surface area contributed by atoms with Gasteiger partial charge in [0.2, 0.25) is 11.8 Å². The van der Waals surface area contributed by atoms with Crippen LogP contribution < -0.4 is 4.74 Å². The number of methoxy groups -OCH3 is 1. The van der Waals surface area contributed by atoms with Gasteiger partial charge in [0, 0.05) is 33.9 Å². The largest absolute Gasteiger partial charge is 0.474 e. The van der Waals surface area contributed by atoms with Crippen molar-refractivity contribution in [3.8, 4) is 5.88 Å². The van der Waals surface area contributed by atoms with Crippen molar-refractivity contribution >= 4 is 11.8 Å². The van der Waals surface area contributed by atoms with Crippen molar-refractivity contribution in [2.45, 2.75) is 50.5 Å². The molecular weight excluding hydrogens is 362 g/mol. The van der Waals surface area contributed by atoms with Gasteiger partial charge in [0.1, 0.15) is 24.3 Å². The van der Waals surface area contributed by atoms with E-state index in [0.717, 1.165) is 19.3 Å². The third-order valence-corrected chi connectivity index (χ3v) is 5.67. The number of aromatic nitrogens is 1. The molecule has 1 saturated heterocycles. The average Bonchev–Trinajstić information content (AvgIpc) is 2.73. The summed E-state index contributed by atoms with van der Waals surface area (Å²) in [5.74, 6) is -0.175. The van der Waals surface area contributed by atoms with E-state index in [1.807, 2.05) is 0 Å². The minimum atomic E-state index is -0.591. The van der Waals surface area contributed by atoms with E-state index in [9.17, 15) is 9.59 Å². The second kappa shape index (κ2) is 8.87. The first kappa shape index (κ1) is 20.5. The van der Waals surface area contributed by atoms with Gasteiger partial charge in [-0.1, -0.05) is 0 Å². The molecule has 2 bridgehead atoms. The van der Waals surface area contributed by atoms with Crippen LogP contribution in [0.25, 0.3) is 0 Å². The average molecular weight is 391 g/mol. The Morgan fingerprint density at radius 2 is 2.00 bits per heavy atom. The molecule has 3 rings (SSSR count). The Labute approximate surface area is 165 Å². The van der Waals surface area contributed by atoms with Gasteiger partial charge < -0.3 is 24.0 Å². The summed E-state index contributed by atoms with van der Waals surface area (Å²) in [4.78, 5) is 33.1. The van der Waals surface area contributed by atoms with Crippen LogP contribution in [-0.2, 0) is 14.3 Å². The molecule has 8 heteroatoms. The van der Waals surface area contributed by atoms with E-state index in [1.54, 1.807) is 51.4 Å². The number of likely N-dealkylation sites (N-methyl/N-ethyl adjacent to an activating group) is 2. The molecule has 1 fully saturated rings. The lowest BCUT2D eigenvalue weighted by molar-refractivity contribution is -0.146. The van der Waals surface area contributed by atoms with Crippen molar-refractivity contribution in [2.24, 2.45) is 0 Å². The molecule has 0 N–H and O–H groups in total. The molecule has 0 radical (unpaired) electrons. The van der Waals surface area contributed by atoms with Crippen molar-refractivity contribution in [1.82, 2.24) is 14.8 Å². The van der Waals surface area contributed by atoms with Gasteiger partial charge in [0.15, 0.2) is 0 Å². The Balaban J connectivity index is 1.91. The SMILES string of the molecule is CO[C@H]1CC[C@H]2CCN(C)C(=O)[C@@H](C)N(C)C(=O)c3cccnc3OC[C@@H]1O2. The Morgan fingerprint density at radius 1 is 1.21 bits per heavy atom. The fourth-order valence-corrected chi connectivity index (χ4v) is 3.70. The zero-order chi connectivity index (χ0) is 20.3. The Bertz CT molecular complexity index is 713. The third kappa shape index (κ3) is 4.28. The fourth-order valence-electron chi connectivity index (χ4n) is 3.70. The summed E-state index contributed by atoms with van der Waals surface area (Å²) in [6, 6.07) is 2.75. The number of pyridine rings is 1. The predicted molar refractivity (Wildman–Crippen MR) is 102 cm³/mol. The van der Waals surface area contributed by atoms with E-state index >= 15 is 0 Å². The van der Waals surface area contributed by atoms with Gasteiger partial charge in [-0.2, -0.15) is 0 Å². The number of carbonyl (C=O) groups excluding carboxylic acids is 2. The van der Waals surface area contributed by atoms with Crippen LogP contribution >= 0.6 is 0 Å². The monoisotopic (exact) mass is 391 g/mol. The van der Waals surface area contributed by atoms with Crippen LogP contribution in [0.4, 0.5) is 0 Å². The first-order valence-corrected chi connectivity index (χ1v) is 9.70. The zero-order valence-electron chi connectivity index (χ0n) is 17.0. The minimum absolute atomic E-state index is 0.0380. The number of hydrogen-bond donors (Lipinski definition) is 0. The van der Waals surface area contributed by atoms with Gasteiger partial charge in [-0.15, -0.1) is 0 Å². The van der Waals surface area contributed by atoms with Crippen LogP contribution in [0.5, 0.6) is 5.88 Å². The van der Waals surface area contributed by atoms with Crippen molar-refractivity contribution in [3.05, 3.63) is 23.9 Å². The van der Waals surface area contributed by atoms with Gasteiger partial charge in [0.25, 0.3) is 5.91 Å². The van der Waals surface area contributed by atoms with E-state index in [-0.39, 0.29) is 42.6 Å². The standard InChI is InChI=1S/C20H29N3O5/c1-13-19(24)22(2)11-9-14-7-8-16(26-4)17(28-14)12-27-18-15(6-5-10-21-18)20(25)23(13)3/h5-6,10,13-14,16-17H,7-9,11-12H2,1-4H3/t13-,14+,16+,17+/m1/s1. The molecule has 2 aliphatic rings. The van der Waals surface area contributed by atoms with E-state index < -0.39 is 6.04 Å². The number of carbonyl (C=O) groups is 2. The summed E-state index contributed by atoms with van der Waals surface area (Å²) in [5.41, 5.74) is 0.325. The molecule has 28 heavy (non-hydrogen) atoms. The molecule has 0 aromatic carbocycles. The van der Waals surface area contributed by atoms with Gasteiger partial charge in [0.05, 0.1) is 12.2 Å². The second-order valence-electron chi connectivity index (χ2n) is 7.46. The number of amides is 2. The molecule has 2 amide bonds. The normalized spacial score (nSPS) is 29.7. The number of fused-ring (bicyclic) bond motifs is 3. The highest BCUT2D eigenvalue weighted by Crippen LogP contribution is 2.26. The van der Waals surface area contributed by atoms with Crippen molar-refractivity contribution in [3.63, 3.8) is 0 Å². The molecule has 0 unspecified atom stereocenters. The van der Waals surface area contributed by atoms with Crippen LogP contribution in [0.3, 0.4) is 0 Å². The highest BCUT2D eigenvalue weighted by molar-refractivity contribution is 5.98. The van der Waals surface area contributed by atoms with Crippen LogP contribution in [0.15, 0.2) is 18.3 Å². The lowest BCUT2D eigenvalue weighted by atomic mass is 9.99. The Hall–Kier alpha value is -2.19. The van der Waals surface area contributed by atoms with Crippen molar-refractivity contribution in [1.29, 1.82) is 0 Å². The molecule has 0 spiro atoms. The summed E-state index contributed by atoms with van der Waals surface area (Å²) in [6.07, 6.45) is 3.75. The highest BCUT2D eigenvalue weighted by atomic mass is 16.6. The highest BCUT2D eigenvalue weighted by Gasteiger charge is 2.34. The molecule has 2 aliphatic heterocycles. The van der Waals surface area contributed by atoms with E-state index in [2.05, 4.69) is 4.98 Å². The molecule has 1 aromatic rings. The van der Waals surface area contributed by atoms with Crippen LogP contribution in [-0.4, -0.2) is 85.3 Å². The molecule has 154 valence electrons. The topological polar surface area (TPSA) is 81.2 Å². The fraction of sp³-hybridized carbons (Fsp3) is 0.650. The molecule has 8 nitrogen and oxygen atoms in total. The van der Waals surface area contributed by atoms with Crippen LogP contribution in [0, 0.1) is 0 Å². The first-order valence-electron chi connectivity index (χ1n) is 9.70. The van der Waals surface area contributed by atoms with E-state index in [4.69, 9.17) is 14.2 Å². The number of ether oxygens (including phenoxy) is 3. The molecule has 0 saturated carbocycles. The van der Waals surface area contributed by atoms with E-state index in [1.165, 1.54) is 4.90 Å². The third-order valence-electron chi connectivity index (χ3n) is 5.67. The summed E-state index contributed by atoms with van der Waals surface area (Å²) < 4.78 is 17.6. The van der Waals surface area contributed by atoms with Gasteiger partial charge in [-0.3, -0.25) is 9.59 Å². The number of rotatable bonds is 1. The maximum atomic E-state index is 13.0. The van der Waals surface area contributed by atoms with Crippen LogP contribution in [0.1, 0.15) is 36.5 Å². The Morgan fingerprint density at radius 3 is 2.75 bits per heavy atom. The quantitative estimate of drug-likeness (QED) is 0.719. The second-order valence-corrected chi connectivity index (χ2v) is 7.46. The van der Waals surface area contributed by atoms with Crippen molar-refractivity contribution < 1.29 is 23.8 Å². The number of hydrogen-bond acceptors (Lipinski definition) is 6. The molecule has 1 aromatic heterocycles. The summed E-state index contributed by atoms with van der Waals surface area (Å²) in [7, 11) is 5.05. The van der Waals surface area contributed by atoms with Gasteiger partial charge in [-0.25, -0.2) is 4.98 Å². The predicted octanol–water partition coefficient (Wildman–Crippen LogP) is 1.35. The number of nitrogens with zero attached hydrogens (tertiary/aromatic N) is 3. The van der Waals surface area contributed by atoms with Crippen molar-refractivity contribution in [2.75, 3.05) is 34.4 Å².